The maximum Gasteiger partial charge on any atom is 0.264 e. The Morgan fingerprint density at radius 1 is 1.07 bits per heavy atom. The van der Waals surface area contributed by atoms with E-state index in [1.165, 1.54) is 5.56 Å². The summed E-state index contributed by atoms with van der Waals surface area (Å²) in [4.78, 5) is 13.0. The highest BCUT2D eigenvalue weighted by atomic mass is 16.4. The second-order valence-electron chi connectivity index (χ2n) is 7.75. The molecule has 2 heterocycles. The molecule has 1 amide bonds. The van der Waals surface area contributed by atoms with Crippen molar-refractivity contribution in [2.45, 2.75) is 47.1 Å². The van der Waals surface area contributed by atoms with Crippen molar-refractivity contribution >= 4 is 22.5 Å². The number of para-hydroxylation sites is 1. The van der Waals surface area contributed by atoms with Gasteiger partial charge in [-0.25, -0.2) is 0 Å². The van der Waals surface area contributed by atoms with E-state index in [9.17, 15) is 4.79 Å². The number of benzene rings is 2. The van der Waals surface area contributed by atoms with Gasteiger partial charge in [0.05, 0.1) is 0 Å². The number of nitrogens with one attached hydrogen (secondary N) is 1. The van der Waals surface area contributed by atoms with Crippen LogP contribution in [0.5, 0.6) is 0 Å². The first kappa shape index (κ1) is 19.9. The van der Waals surface area contributed by atoms with Crippen LogP contribution in [0, 0.1) is 20.8 Å². The molecule has 0 fully saturated rings. The Morgan fingerprint density at radius 3 is 2.53 bits per heavy atom. The Bertz CT molecular complexity index is 1200. The summed E-state index contributed by atoms with van der Waals surface area (Å²) in [7, 11) is 0. The summed E-state index contributed by atoms with van der Waals surface area (Å²) >= 11 is 0. The Kier molecular flexibility index (Phi) is 5.40. The molecule has 0 bridgehead atoms. The van der Waals surface area contributed by atoms with Gasteiger partial charge in [0.25, 0.3) is 5.89 Å². The van der Waals surface area contributed by atoms with E-state index in [1.54, 1.807) is 0 Å². The maximum absolute atomic E-state index is 13.0. The number of nitrogens with zero attached hydrogens (tertiary/aromatic N) is 3. The quantitative estimate of drug-likeness (QED) is 0.481. The van der Waals surface area contributed by atoms with E-state index in [0.29, 0.717) is 11.8 Å². The summed E-state index contributed by atoms with van der Waals surface area (Å²) in [6.07, 6.45) is 1.67. The van der Waals surface area contributed by atoms with Crippen molar-refractivity contribution in [1.82, 2.24) is 14.8 Å². The van der Waals surface area contributed by atoms with Crippen LogP contribution in [-0.4, -0.2) is 20.7 Å². The molecule has 0 aliphatic heterocycles. The number of carbonyl (C=O) groups excluding carboxylic acids is 1. The summed E-state index contributed by atoms with van der Waals surface area (Å²) in [5.41, 5.74) is 5.86. The van der Waals surface area contributed by atoms with Crippen molar-refractivity contribution in [3.05, 3.63) is 65.0 Å². The van der Waals surface area contributed by atoms with E-state index in [0.717, 1.165) is 46.3 Å². The van der Waals surface area contributed by atoms with Crippen molar-refractivity contribution in [1.29, 1.82) is 0 Å². The summed E-state index contributed by atoms with van der Waals surface area (Å²) in [6, 6.07) is 14.1. The van der Waals surface area contributed by atoms with Gasteiger partial charge in [0.15, 0.2) is 0 Å². The highest BCUT2D eigenvalue weighted by Crippen LogP contribution is 2.28. The molecular weight excluding hydrogens is 376 g/mol. The molecule has 0 aliphatic rings. The fraction of sp³-hybridized carbons (Fsp3) is 0.292. The van der Waals surface area contributed by atoms with Crippen LogP contribution < -0.4 is 5.32 Å². The number of hydrogen-bond acceptors (Lipinski definition) is 4. The number of amides is 1. The predicted molar refractivity (Wildman–Crippen MR) is 119 cm³/mol. The smallest absolute Gasteiger partial charge is 0.264 e. The van der Waals surface area contributed by atoms with Gasteiger partial charge in [-0.05, 0) is 50.5 Å². The van der Waals surface area contributed by atoms with Gasteiger partial charge in [-0.3, -0.25) is 4.79 Å². The lowest BCUT2D eigenvalue weighted by Crippen LogP contribution is -2.20. The second-order valence-corrected chi connectivity index (χ2v) is 7.75. The first-order valence-electron chi connectivity index (χ1n) is 10.2. The topological polar surface area (TPSA) is 73.0 Å². The number of aryl methyl sites for hydroxylation is 4. The third-order valence-electron chi connectivity index (χ3n) is 5.20. The Morgan fingerprint density at radius 2 is 1.80 bits per heavy atom. The summed E-state index contributed by atoms with van der Waals surface area (Å²) in [5.74, 6) is 0.950. The van der Waals surface area contributed by atoms with E-state index in [2.05, 4.69) is 41.5 Å². The average molecular weight is 402 g/mol. The minimum absolute atomic E-state index is 0.0963. The Balaban J connectivity index is 1.68. The number of aromatic nitrogens is 3. The molecule has 0 aliphatic carbocycles. The van der Waals surface area contributed by atoms with Crippen LogP contribution in [0.3, 0.4) is 0 Å². The monoisotopic (exact) mass is 402 g/mol. The van der Waals surface area contributed by atoms with Crippen LogP contribution in [-0.2, 0) is 17.8 Å². The minimum atomic E-state index is -0.0963. The molecule has 0 unspecified atom stereocenters. The number of anilines is 1. The molecule has 0 atom stereocenters. The molecule has 2 aromatic carbocycles. The summed E-state index contributed by atoms with van der Waals surface area (Å²) in [5, 5.41) is 12.5. The molecule has 6 heteroatoms. The van der Waals surface area contributed by atoms with E-state index in [4.69, 9.17) is 4.42 Å². The SMILES string of the molecule is CCCc1nnc(-c2cc3ccccc3n2CC(=O)Nc2c(C)cc(C)cc2C)o1. The van der Waals surface area contributed by atoms with Gasteiger partial charge in [0.2, 0.25) is 11.8 Å². The molecule has 30 heavy (non-hydrogen) atoms. The van der Waals surface area contributed by atoms with Crippen molar-refractivity contribution in [3.63, 3.8) is 0 Å². The minimum Gasteiger partial charge on any atom is -0.419 e. The van der Waals surface area contributed by atoms with Crippen LogP contribution in [0.15, 0.2) is 46.9 Å². The van der Waals surface area contributed by atoms with Crippen molar-refractivity contribution in [2.75, 3.05) is 5.32 Å². The lowest BCUT2D eigenvalue weighted by atomic mass is 10.1. The van der Waals surface area contributed by atoms with Crippen molar-refractivity contribution < 1.29 is 9.21 Å². The maximum atomic E-state index is 13.0. The van der Waals surface area contributed by atoms with Gasteiger partial charge >= 0.3 is 0 Å². The standard InChI is InChI=1S/C24H26N4O2/c1-5-8-22-26-27-24(30-22)20-13-18-9-6-7-10-19(18)28(20)14-21(29)25-23-16(3)11-15(2)12-17(23)4/h6-7,9-13H,5,8,14H2,1-4H3,(H,25,29). The molecule has 2 aromatic heterocycles. The Labute approximate surface area is 175 Å². The molecule has 154 valence electrons. The lowest BCUT2D eigenvalue weighted by molar-refractivity contribution is -0.116. The predicted octanol–water partition coefficient (Wildman–Crippen LogP) is 5.21. The molecule has 4 rings (SSSR count). The van der Waals surface area contributed by atoms with Gasteiger partial charge in [-0.1, -0.05) is 42.8 Å². The summed E-state index contributed by atoms with van der Waals surface area (Å²) < 4.78 is 7.79. The van der Waals surface area contributed by atoms with Gasteiger partial charge in [0.1, 0.15) is 12.2 Å². The summed E-state index contributed by atoms with van der Waals surface area (Å²) in [6.45, 7) is 8.31. The lowest BCUT2D eigenvalue weighted by Gasteiger charge is -2.14. The van der Waals surface area contributed by atoms with E-state index in [-0.39, 0.29) is 12.5 Å². The first-order chi connectivity index (χ1) is 14.5. The number of fused-ring (bicyclic) bond motifs is 1. The van der Waals surface area contributed by atoms with Gasteiger partial charge < -0.3 is 14.3 Å². The largest absolute Gasteiger partial charge is 0.419 e. The number of rotatable bonds is 6. The van der Waals surface area contributed by atoms with Gasteiger partial charge in [-0.15, -0.1) is 10.2 Å². The van der Waals surface area contributed by atoms with Crippen molar-refractivity contribution in [3.8, 4) is 11.6 Å². The molecule has 0 radical (unpaired) electrons. The Hall–Kier alpha value is -3.41. The fourth-order valence-electron chi connectivity index (χ4n) is 3.93. The van der Waals surface area contributed by atoms with Crippen LogP contribution in [0.25, 0.3) is 22.5 Å². The molecule has 6 nitrogen and oxygen atoms in total. The number of hydrogen-bond donors (Lipinski definition) is 1. The van der Waals surface area contributed by atoms with Crippen LogP contribution in [0.2, 0.25) is 0 Å². The van der Waals surface area contributed by atoms with Crippen LogP contribution in [0.4, 0.5) is 5.69 Å². The second kappa shape index (κ2) is 8.14. The fourth-order valence-corrected chi connectivity index (χ4v) is 3.93. The molecule has 1 N–H and O–H groups in total. The van der Waals surface area contributed by atoms with E-state index < -0.39 is 0 Å². The van der Waals surface area contributed by atoms with Crippen molar-refractivity contribution in [2.24, 2.45) is 0 Å². The zero-order chi connectivity index (χ0) is 21.3. The highest BCUT2D eigenvalue weighted by molar-refractivity contribution is 5.94. The molecular formula is C24H26N4O2. The zero-order valence-electron chi connectivity index (χ0n) is 17.8. The van der Waals surface area contributed by atoms with E-state index in [1.807, 2.05) is 48.7 Å². The van der Waals surface area contributed by atoms with Crippen LogP contribution >= 0.6 is 0 Å². The van der Waals surface area contributed by atoms with E-state index >= 15 is 0 Å². The molecule has 0 spiro atoms. The van der Waals surface area contributed by atoms with Gasteiger partial charge in [-0.2, -0.15) is 0 Å². The highest BCUT2D eigenvalue weighted by Gasteiger charge is 2.19. The molecule has 4 aromatic rings. The molecule has 0 saturated heterocycles. The van der Waals surface area contributed by atoms with Crippen LogP contribution in [0.1, 0.15) is 35.9 Å². The third kappa shape index (κ3) is 3.85. The third-order valence-corrected chi connectivity index (χ3v) is 5.20. The normalized spacial score (nSPS) is 11.2. The van der Waals surface area contributed by atoms with Gasteiger partial charge in [0, 0.05) is 23.0 Å². The zero-order valence-corrected chi connectivity index (χ0v) is 17.8. The number of carbonyl (C=O) groups is 1. The average Bonchev–Trinajstić information content (AvgIpc) is 3.30. The first-order valence-corrected chi connectivity index (χ1v) is 10.2. The molecule has 0 saturated carbocycles.